The van der Waals surface area contributed by atoms with Gasteiger partial charge in [0.1, 0.15) is 0 Å². The summed E-state index contributed by atoms with van der Waals surface area (Å²) < 4.78 is 0. The van der Waals surface area contributed by atoms with Crippen molar-refractivity contribution in [1.29, 1.82) is 0 Å². The Balaban J connectivity index is 1.76. The van der Waals surface area contributed by atoms with Crippen molar-refractivity contribution in [3.05, 3.63) is 42.2 Å². The molecule has 3 heteroatoms. The zero-order valence-electron chi connectivity index (χ0n) is 12.2. The lowest BCUT2D eigenvalue weighted by molar-refractivity contribution is 0.177. The normalized spacial score (nSPS) is 21.6. The van der Waals surface area contributed by atoms with Crippen LogP contribution in [0.3, 0.4) is 0 Å². The van der Waals surface area contributed by atoms with E-state index < -0.39 is 0 Å². The average molecular weight is 269 g/mol. The molecule has 1 fully saturated rings. The molecule has 106 valence electrons. The highest BCUT2D eigenvalue weighted by Gasteiger charge is 2.15. The van der Waals surface area contributed by atoms with Gasteiger partial charge in [0.2, 0.25) is 0 Å². The van der Waals surface area contributed by atoms with Gasteiger partial charge in [0.25, 0.3) is 0 Å². The maximum atomic E-state index is 4.18. The largest absolute Gasteiger partial charge is 0.317 e. The second-order valence-corrected chi connectivity index (χ2v) is 5.77. The number of benzene rings is 1. The molecule has 0 unspecified atom stereocenters. The Morgan fingerprint density at radius 3 is 3.15 bits per heavy atom. The van der Waals surface area contributed by atoms with E-state index in [1.54, 1.807) is 0 Å². The summed E-state index contributed by atoms with van der Waals surface area (Å²) in [5, 5.41) is 6.01. The number of hydrogen-bond donors (Lipinski definition) is 1. The molecule has 0 bridgehead atoms. The minimum absolute atomic E-state index is 0.649. The van der Waals surface area contributed by atoms with Gasteiger partial charge in [-0.1, -0.05) is 12.1 Å². The third kappa shape index (κ3) is 3.17. The van der Waals surface area contributed by atoms with E-state index in [4.69, 9.17) is 0 Å². The molecular formula is C17H23N3. The molecule has 1 atom stereocenters. The molecule has 0 spiro atoms. The van der Waals surface area contributed by atoms with Gasteiger partial charge in [0, 0.05) is 30.4 Å². The summed E-state index contributed by atoms with van der Waals surface area (Å²) in [4.78, 5) is 6.79. The maximum Gasteiger partial charge on any atom is 0.0346 e. The quantitative estimate of drug-likeness (QED) is 0.908. The summed E-state index contributed by atoms with van der Waals surface area (Å²) in [5.41, 5.74) is 1.41. The molecule has 2 aromatic rings. The van der Waals surface area contributed by atoms with Crippen LogP contribution in [0.2, 0.25) is 0 Å². The summed E-state index contributed by atoms with van der Waals surface area (Å²) in [6.45, 7) is 6.87. The Hall–Kier alpha value is -1.45. The third-order valence-electron chi connectivity index (χ3n) is 4.25. The zero-order chi connectivity index (χ0) is 13.8. The van der Waals surface area contributed by atoms with Gasteiger partial charge in [-0.25, -0.2) is 0 Å². The fraction of sp³-hybridized carbons (Fsp3) is 0.471. The van der Waals surface area contributed by atoms with E-state index in [-0.39, 0.29) is 0 Å². The van der Waals surface area contributed by atoms with Crippen LogP contribution in [-0.4, -0.2) is 35.6 Å². The molecule has 1 aliphatic heterocycles. The number of aromatic nitrogens is 1. The number of nitrogens with zero attached hydrogens (tertiary/aromatic N) is 2. The van der Waals surface area contributed by atoms with Gasteiger partial charge in [-0.3, -0.25) is 9.88 Å². The molecule has 3 nitrogen and oxygen atoms in total. The zero-order valence-corrected chi connectivity index (χ0v) is 12.2. The van der Waals surface area contributed by atoms with Crippen molar-refractivity contribution < 1.29 is 0 Å². The molecule has 3 rings (SSSR count). The van der Waals surface area contributed by atoms with Crippen molar-refractivity contribution in [3.8, 4) is 0 Å². The number of rotatable bonds is 2. The van der Waals surface area contributed by atoms with E-state index in [9.17, 15) is 0 Å². The predicted octanol–water partition coefficient (Wildman–Crippen LogP) is 2.81. The fourth-order valence-corrected chi connectivity index (χ4v) is 2.95. The Morgan fingerprint density at radius 1 is 1.25 bits per heavy atom. The molecule has 0 amide bonds. The molecule has 1 aromatic heterocycles. The monoisotopic (exact) mass is 269 g/mol. The van der Waals surface area contributed by atoms with Crippen LogP contribution in [0.15, 0.2) is 36.7 Å². The lowest BCUT2D eigenvalue weighted by Gasteiger charge is -2.31. The first-order valence-electron chi connectivity index (χ1n) is 7.60. The molecular weight excluding hydrogens is 246 g/mol. The first-order chi connectivity index (χ1) is 9.83. The third-order valence-corrected chi connectivity index (χ3v) is 4.25. The molecule has 20 heavy (non-hydrogen) atoms. The van der Waals surface area contributed by atoms with E-state index >= 15 is 0 Å². The molecule has 2 heterocycles. The van der Waals surface area contributed by atoms with Crippen LogP contribution in [0.25, 0.3) is 10.8 Å². The molecule has 0 radical (unpaired) electrons. The summed E-state index contributed by atoms with van der Waals surface area (Å²) >= 11 is 0. The summed E-state index contributed by atoms with van der Waals surface area (Å²) in [7, 11) is 0. The van der Waals surface area contributed by atoms with Gasteiger partial charge in [-0.2, -0.15) is 0 Å². The van der Waals surface area contributed by atoms with Gasteiger partial charge in [-0.15, -0.1) is 0 Å². The van der Waals surface area contributed by atoms with Crippen molar-refractivity contribution in [2.75, 3.05) is 19.6 Å². The molecule has 1 saturated heterocycles. The van der Waals surface area contributed by atoms with Crippen molar-refractivity contribution in [2.45, 2.75) is 32.4 Å². The van der Waals surface area contributed by atoms with Crippen LogP contribution in [0.5, 0.6) is 0 Å². The molecule has 0 saturated carbocycles. The first-order valence-corrected chi connectivity index (χ1v) is 7.60. The second kappa shape index (κ2) is 6.33. The van der Waals surface area contributed by atoms with Crippen molar-refractivity contribution in [2.24, 2.45) is 0 Å². The van der Waals surface area contributed by atoms with Crippen molar-refractivity contribution in [1.82, 2.24) is 15.2 Å². The van der Waals surface area contributed by atoms with Gasteiger partial charge < -0.3 is 5.32 Å². The number of hydrogen-bond acceptors (Lipinski definition) is 3. The smallest absolute Gasteiger partial charge is 0.0346 e. The Labute approximate surface area is 121 Å². The van der Waals surface area contributed by atoms with Gasteiger partial charge in [0.15, 0.2) is 0 Å². The molecule has 1 aromatic carbocycles. The standard InChI is InChI=1S/C17H23N3/c1-14-5-8-18-7-2-10-20(14)13-15-3-4-17-12-19-9-6-16(17)11-15/h3-4,6,9,11-12,14,18H,2,5,7-8,10,13H2,1H3/t14-/m0/s1. The van der Waals surface area contributed by atoms with Gasteiger partial charge in [0.05, 0.1) is 0 Å². The van der Waals surface area contributed by atoms with Crippen LogP contribution in [0.4, 0.5) is 0 Å². The second-order valence-electron chi connectivity index (χ2n) is 5.77. The average Bonchev–Trinajstić information content (AvgIpc) is 2.47. The van der Waals surface area contributed by atoms with Crippen LogP contribution in [-0.2, 0) is 6.54 Å². The lowest BCUT2D eigenvalue weighted by atomic mass is 10.1. The van der Waals surface area contributed by atoms with Crippen LogP contribution >= 0.6 is 0 Å². The highest BCUT2D eigenvalue weighted by atomic mass is 15.2. The SMILES string of the molecule is C[C@H]1CCNCCCN1Cc1ccc2cnccc2c1. The first kappa shape index (κ1) is 13.5. The Bertz CT molecular complexity index is 567. The molecule has 1 N–H and O–H groups in total. The van der Waals surface area contributed by atoms with Gasteiger partial charge in [-0.05, 0) is 62.5 Å². The highest BCUT2D eigenvalue weighted by Crippen LogP contribution is 2.18. The summed E-state index contributed by atoms with van der Waals surface area (Å²) in [5.74, 6) is 0. The number of fused-ring (bicyclic) bond motifs is 1. The topological polar surface area (TPSA) is 28.2 Å². The molecule has 1 aliphatic rings. The number of nitrogens with one attached hydrogen (secondary N) is 1. The van der Waals surface area contributed by atoms with E-state index in [2.05, 4.69) is 46.4 Å². The predicted molar refractivity (Wildman–Crippen MR) is 83.7 cm³/mol. The summed E-state index contributed by atoms with van der Waals surface area (Å²) in [6, 6.07) is 9.48. The van der Waals surface area contributed by atoms with E-state index in [0.717, 1.165) is 19.6 Å². The van der Waals surface area contributed by atoms with Crippen molar-refractivity contribution in [3.63, 3.8) is 0 Å². The lowest BCUT2D eigenvalue weighted by Crippen LogP contribution is -2.39. The minimum atomic E-state index is 0.649. The van der Waals surface area contributed by atoms with Crippen LogP contribution < -0.4 is 5.32 Å². The van der Waals surface area contributed by atoms with Crippen LogP contribution in [0, 0.1) is 0 Å². The van der Waals surface area contributed by atoms with Crippen molar-refractivity contribution >= 4 is 10.8 Å². The maximum absolute atomic E-state index is 4.18. The minimum Gasteiger partial charge on any atom is -0.317 e. The Morgan fingerprint density at radius 2 is 2.20 bits per heavy atom. The highest BCUT2D eigenvalue weighted by molar-refractivity contribution is 5.81. The fourth-order valence-electron chi connectivity index (χ4n) is 2.95. The summed E-state index contributed by atoms with van der Waals surface area (Å²) in [6.07, 6.45) is 6.28. The molecule has 0 aliphatic carbocycles. The Kier molecular flexibility index (Phi) is 4.28. The van der Waals surface area contributed by atoms with Crippen LogP contribution in [0.1, 0.15) is 25.3 Å². The van der Waals surface area contributed by atoms with E-state index in [1.165, 1.54) is 35.7 Å². The van der Waals surface area contributed by atoms with E-state index in [1.807, 2.05) is 12.4 Å². The number of pyridine rings is 1. The van der Waals surface area contributed by atoms with E-state index in [0.29, 0.717) is 6.04 Å². The van der Waals surface area contributed by atoms with Gasteiger partial charge >= 0.3 is 0 Å².